The van der Waals surface area contributed by atoms with Crippen LogP contribution in [0.15, 0.2) is 83.2 Å². The Labute approximate surface area is 213 Å². The third kappa shape index (κ3) is 5.19. The van der Waals surface area contributed by atoms with Crippen molar-refractivity contribution in [2.45, 2.75) is 18.4 Å². The molecule has 0 saturated heterocycles. The summed E-state index contributed by atoms with van der Waals surface area (Å²) in [7, 11) is -0.687. The number of methoxy groups -OCH3 is 2. The maximum absolute atomic E-state index is 13.1. The number of anilines is 1. The summed E-state index contributed by atoms with van der Waals surface area (Å²) < 4.78 is 41.6. The molecule has 4 aromatic rings. The van der Waals surface area contributed by atoms with E-state index in [0.29, 0.717) is 22.8 Å². The molecule has 0 aliphatic heterocycles. The number of carbonyl (C=O) groups is 1. The minimum Gasteiger partial charge on any atom is -0.493 e. The number of thiazole rings is 1. The van der Waals surface area contributed by atoms with Crippen molar-refractivity contribution in [3.8, 4) is 11.5 Å². The third-order valence-corrected chi connectivity index (χ3v) is 7.83. The Kier molecular flexibility index (Phi) is 7.27. The molecule has 4 rings (SSSR count). The lowest BCUT2D eigenvalue weighted by atomic mass is 10.2. The molecule has 0 atom stereocenters. The molecular weight excluding hydrogens is 498 g/mol. The van der Waals surface area contributed by atoms with Gasteiger partial charge in [0.05, 0.1) is 29.3 Å². The molecule has 3 aromatic carbocycles. The van der Waals surface area contributed by atoms with Crippen LogP contribution < -0.4 is 19.0 Å². The number of rotatable bonds is 8. The van der Waals surface area contributed by atoms with Gasteiger partial charge in [0.25, 0.3) is 15.9 Å². The first-order valence-electron chi connectivity index (χ1n) is 10.9. The zero-order valence-electron chi connectivity index (χ0n) is 20.0. The Hall–Kier alpha value is -3.89. The van der Waals surface area contributed by atoms with E-state index in [0.717, 1.165) is 15.8 Å². The summed E-state index contributed by atoms with van der Waals surface area (Å²) in [6, 6.07) is 16.4. The van der Waals surface area contributed by atoms with Crippen molar-refractivity contribution in [2.75, 3.05) is 18.9 Å². The number of fused-ring (bicyclic) bond motifs is 1. The van der Waals surface area contributed by atoms with Crippen molar-refractivity contribution < 1.29 is 22.7 Å². The smallest absolute Gasteiger partial charge is 0.279 e. The number of allylic oxidation sites excluding steroid dienone is 1. The van der Waals surface area contributed by atoms with E-state index in [4.69, 9.17) is 9.47 Å². The van der Waals surface area contributed by atoms with Gasteiger partial charge in [0.1, 0.15) is 0 Å². The van der Waals surface area contributed by atoms with Crippen molar-refractivity contribution in [3.05, 3.63) is 89.2 Å². The second-order valence-corrected chi connectivity index (χ2v) is 10.6. The van der Waals surface area contributed by atoms with Crippen molar-refractivity contribution in [1.29, 1.82) is 0 Å². The Morgan fingerprint density at radius 3 is 2.44 bits per heavy atom. The topological polar surface area (TPSA) is 99.0 Å². The predicted molar refractivity (Wildman–Crippen MR) is 141 cm³/mol. The van der Waals surface area contributed by atoms with Gasteiger partial charge in [-0.15, -0.1) is 6.58 Å². The van der Waals surface area contributed by atoms with Crippen LogP contribution in [0.1, 0.15) is 15.9 Å². The van der Waals surface area contributed by atoms with Gasteiger partial charge >= 0.3 is 0 Å². The number of aromatic nitrogens is 1. The van der Waals surface area contributed by atoms with Crippen molar-refractivity contribution in [1.82, 2.24) is 4.57 Å². The highest BCUT2D eigenvalue weighted by Gasteiger charge is 2.16. The van der Waals surface area contributed by atoms with Crippen LogP contribution in [0.5, 0.6) is 11.5 Å². The van der Waals surface area contributed by atoms with Gasteiger partial charge in [-0.1, -0.05) is 41.2 Å². The fraction of sp³-hybridized carbons (Fsp3) is 0.154. The largest absolute Gasteiger partial charge is 0.493 e. The SMILES string of the molecule is C=CCn1c(=NC(=O)c2cccc(NS(=O)(=O)c3ccc(C)cc3)c2)sc2cc(OC)c(OC)cc21. The Morgan fingerprint density at radius 2 is 1.78 bits per heavy atom. The fourth-order valence-electron chi connectivity index (χ4n) is 3.59. The van der Waals surface area contributed by atoms with Gasteiger partial charge in [-0.2, -0.15) is 4.99 Å². The van der Waals surface area contributed by atoms with Crippen molar-refractivity contribution in [2.24, 2.45) is 4.99 Å². The van der Waals surface area contributed by atoms with Gasteiger partial charge in [0.2, 0.25) is 0 Å². The van der Waals surface area contributed by atoms with Crippen LogP contribution in [0, 0.1) is 6.92 Å². The molecular formula is C26H25N3O5S2. The van der Waals surface area contributed by atoms with Crippen LogP contribution in [-0.2, 0) is 16.6 Å². The number of aryl methyl sites for hydroxylation is 1. The standard InChI is InChI=1S/C26H25N3O5S2/c1-5-13-29-21-15-22(33-3)23(34-4)16-24(21)35-26(29)27-25(30)18-7-6-8-19(14-18)28-36(31,32)20-11-9-17(2)10-12-20/h5-12,14-16,28H,1,13H2,2-4H3. The lowest BCUT2D eigenvalue weighted by Gasteiger charge is -2.09. The van der Waals surface area contributed by atoms with Crippen LogP contribution in [0.2, 0.25) is 0 Å². The maximum atomic E-state index is 13.1. The third-order valence-electron chi connectivity index (χ3n) is 5.39. The number of nitrogens with zero attached hydrogens (tertiary/aromatic N) is 2. The molecule has 0 radical (unpaired) electrons. The van der Waals surface area contributed by atoms with E-state index < -0.39 is 15.9 Å². The minimum absolute atomic E-state index is 0.135. The molecule has 8 nitrogen and oxygen atoms in total. The zero-order chi connectivity index (χ0) is 25.9. The quantitative estimate of drug-likeness (QED) is 0.336. The normalized spacial score (nSPS) is 11.9. The van der Waals surface area contributed by atoms with Crippen molar-refractivity contribution >= 4 is 43.2 Å². The first-order chi connectivity index (χ1) is 17.2. The predicted octanol–water partition coefficient (Wildman–Crippen LogP) is 4.76. The molecule has 186 valence electrons. The van der Waals surface area contributed by atoms with Gasteiger partial charge in [-0.25, -0.2) is 8.42 Å². The lowest BCUT2D eigenvalue weighted by molar-refractivity contribution is 0.0998. The minimum atomic E-state index is -3.80. The average molecular weight is 524 g/mol. The first-order valence-corrected chi connectivity index (χ1v) is 13.2. The van der Waals surface area contributed by atoms with Crippen LogP contribution >= 0.6 is 11.3 Å². The van der Waals surface area contributed by atoms with Crippen molar-refractivity contribution in [3.63, 3.8) is 0 Å². The first kappa shape index (κ1) is 25.2. The number of nitrogens with one attached hydrogen (secondary N) is 1. The van der Waals surface area contributed by atoms with E-state index in [1.807, 2.05) is 23.6 Å². The monoisotopic (exact) mass is 523 g/mol. The van der Waals surface area contributed by atoms with Gasteiger partial charge in [0.15, 0.2) is 16.3 Å². The van der Waals surface area contributed by atoms with Gasteiger partial charge in [-0.05, 0) is 37.3 Å². The molecule has 0 saturated carbocycles. The number of hydrogen-bond acceptors (Lipinski definition) is 6. The van der Waals surface area contributed by atoms with Gasteiger partial charge < -0.3 is 14.0 Å². The van der Waals surface area contributed by atoms with E-state index in [2.05, 4.69) is 16.3 Å². The van der Waals surface area contributed by atoms with E-state index >= 15 is 0 Å². The van der Waals surface area contributed by atoms with E-state index in [-0.39, 0.29) is 16.1 Å². The molecule has 0 fully saturated rings. The number of carbonyl (C=O) groups excluding carboxylic acids is 1. The lowest BCUT2D eigenvalue weighted by Crippen LogP contribution is -2.16. The maximum Gasteiger partial charge on any atom is 0.279 e. The molecule has 1 aromatic heterocycles. The molecule has 0 unspecified atom stereocenters. The summed E-state index contributed by atoms with van der Waals surface area (Å²) in [5, 5.41) is 0. The van der Waals surface area contributed by atoms with Crippen LogP contribution in [-0.4, -0.2) is 33.1 Å². The number of hydrogen-bond donors (Lipinski definition) is 1. The number of sulfonamides is 1. The Bertz CT molecular complexity index is 1620. The summed E-state index contributed by atoms with van der Waals surface area (Å²) in [6.07, 6.45) is 1.72. The molecule has 1 N–H and O–H groups in total. The molecule has 0 aliphatic rings. The highest BCUT2D eigenvalue weighted by atomic mass is 32.2. The molecule has 1 amide bonds. The summed E-state index contributed by atoms with van der Waals surface area (Å²) in [5.74, 6) is 0.630. The summed E-state index contributed by atoms with van der Waals surface area (Å²) in [6.45, 7) is 6.12. The Morgan fingerprint density at radius 1 is 1.08 bits per heavy atom. The van der Waals surface area contributed by atoms with Gasteiger partial charge in [0, 0.05) is 29.9 Å². The van der Waals surface area contributed by atoms with E-state index in [1.54, 1.807) is 50.6 Å². The van der Waals surface area contributed by atoms with Crippen LogP contribution in [0.4, 0.5) is 5.69 Å². The molecule has 0 spiro atoms. The number of amides is 1. The van der Waals surface area contributed by atoms with E-state index in [9.17, 15) is 13.2 Å². The summed E-state index contributed by atoms with van der Waals surface area (Å²) in [5.41, 5.74) is 2.29. The average Bonchev–Trinajstić information content (AvgIpc) is 3.19. The molecule has 10 heteroatoms. The summed E-state index contributed by atoms with van der Waals surface area (Å²) >= 11 is 1.33. The summed E-state index contributed by atoms with van der Waals surface area (Å²) in [4.78, 5) is 18.0. The molecule has 0 aliphatic carbocycles. The molecule has 36 heavy (non-hydrogen) atoms. The number of ether oxygens (including phenoxy) is 2. The van der Waals surface area contributed by atoms with Gasteiger partial charge in [-0.3, -0.25) is 9.52 Å². The molecule has 0 bridgehead atoms. The Balaban J connectivity index is 1.70. The fourth-order valence-corrected chi connectivity index (χ4v) is 5.68. The second kappa shape index (κ2) is 10.4. The second-order valence-electron chi connectivity index (χ2n) is 7.88. The van der Waals surface area contributed by atoms with Crippen LogP contribution in [0.25, 0.3) is 10.2 Å². The number of benzene rings is 3. The van der Waals surface area contributed by atoms with Crippen LogP contribution in [0.3, 0.4) is 0 Å². The highest BCUT2D eigenvalue weighted by Crippen LogP contribution is 2.33. The zero-order valence-corrected chi connectivity index (χ0v) is 21.7. The molecule has 1 heterocycles. The highest BCUT2D eigenvalue weighted by molar-refractivity contribution is 7.92. The van der Waals surface area contributed by atoms with E-state index in [1.165, 1.54) is 29.5 Å².